The van der Waals surface area contributed by atoms with Crippen molar-refractivity contribution in [3.63, 3.8) is 0 Å². The van der Waals surface area contributed by atoms with Crippen molar-refractivity contribution in [3.05, 3.63) is 119 Å². The molecule has 0 heterocycles. The van der Waals surface area contributed by atoms with Gasteiger partial charge in [-0.2, -0.15) is 0 Å². The molecule has 0 saturated heterocycles. The summed E-state index contributed by atoms with van der Waals surface area (Å²) in [5, 5.41) is 23.1. The van der Waals surface area contributed by atoms with E-state index in [1.807, 2.05) is 97.1 Å². The number of urea groups is 4. The van der Waals surface area contributed by atoms with Crippen molar-refractivity contribution in [2.45, 2.75) is 232 Å². The summed E-state index contributed by atoms with van der Waals surface area (Å²) in [5.41, 5.74) is 7.25. The molecule has 0 atom stereocenters. The molecular formula is C68H106N8O4. The predicted octanol–water partition coefficient (Wildman–Crippen LogP) is 18.6. The lowest BCUT2D eigenvalue weighted by Gasteiger charge is -2.11. The third-order valence-corrected chi connectivity index (χ3v) is 15.0. The van der Waals surface area contributed by atoms with Crippen LogP contribution in [0.15, 0.2) is 97.1 Å². The topological polar surface area (TPSA) is 165 Å². The molecule has 4 rings (SSSR count). The van der Waals surface area contributed by atoms with Gasteiger partial charge in [0.25, 0.3) is 0 Å². The van der Waals surface area contributed by atoms with Crippen LogP contribution in [-0.4, -0.2) is 50.3 Å². The molecule has 4 aromatic carbocycles. The molecule has 8 amide bonds. The number of carbonyl (C=O) groups is 4. The molecule has 80 heavy (non-hydrogen) atoms. The lowest BCUT2D eigenvalue weighted by molar-refractivity contribution is 0.248. The van der Waals surface area contributed by atoms with Crippen molar-refractivity contribution in [3.8, 4) is 0 Å². The highest BCUT2D eigenvalue weighted by atomic mass is 16.2. The Bertz CT molecular complexity index is 2040. The Kier molecular flexibility index (Phi) is 37.1. The first-order valence-electron chi connectivity index (χ1n) is 31.8. The molecule has 0 aromatic heterocycles. The molecule has 0 aliphatic rings. The molecule has 0 radical (unpaired) electrons. The molecule has 0 aliphatic heterocycles. The van der Waals surface area contributed by atoms with E-state index in [2.05, 4.69) is 56.4 Å². The Morgan fingerprint density at radius 2 is 0.412 bits per heavy atom. The summed E-state index contributed by atoms with van der Waals surface area (Å²) in [6, 6.07) is 30.1. The molecule has 12 heteroatoms. The van der Waals surface area contributed by atoms with E-state index in [4.69, 9.17) is 0 Å². The van der Waals surface area contributed by atoms with E-state index in [-0.39, 0.29) is 37.2 Å². The van der Waals surface area contributed by atoms with Crippen LogP contribution in [0.4, 0.5) is 41.9 Å². The first-order chi connectivity index (χ1) is 39.3. The van der Waals surface area contributed by atoms with Crippen LogP contribution in [0.5, 0.6) is 0 Å². The summed E-state index contributed by atoms with van der Waals surface area (Å²) in [5.74, 6) is 0. The second-order valence-electron chi connectivity index (χ2n) is 22.3. The minimum absolute atomic E-state index is 0.173. The normalized spacial score (nSPS) is 11.0. The highest BCUT2D eigenvalue weighted by molar-refractivity contribution is 5.91. The lowest BCUT2D eigenvalue weighted by atomic mass is 10.0. The Morgan fingerprint density at radius 3 is 0.613 bits per heavy atom. The number of nitrogens with one attached hydrogen (secondary N) is 8. The fourth-order valence-electron chi connectivity index (χ4n) is 10.1. The highest BCUT2D eigenvalue weighted by Gasteiger charge is 2.08. The van der Waals surface area contributed by atoms with Gasteiger partial charge in [0.1, 0.15) is 0 Å². The van der Waals surface area contributed by atoms with Crippen LogP contribution in [-0.2, 0) is 12.8 Å². The van der Waals surface area contributed by atoms with Crippen LogP contribution in [0.1, 0.15) is 242 Å². The van der Waals surface area contributed by atoms with Gasteiger partial charge in [0.2, 0.25) is 0 Å². The molecular weight excluding hydrogens is 993 g/mol. The highest BCUT2D eigenvalue weighted by Crippen LogP contribution is 2.20. The van der Waals surface area contributed by atoms with E-state index in [9.17, 15) is 19.2 Å². The smallest absolute Gasteiger partial charge is 0.319 e. The van der Waals surface area contributed by atoms with Crippen LogP contribution < -0.4 is 42.5 Å². The lowest BCUT2D eigenvalue weighted by Crippen LogP contribution is -2.38. The number of hydrogen-bond acceptors (Lipinski definition) is 4. The number of carbonyl (C=O) groups excluding carboxylic acids is 4. The van der Waals surface area contributed by atoms with Crippen LogP contribution in [0.3, 0.4) is 0 Å². The molecule has 4 aromatic rings. The number of anilines is 4. The van der Waals surface area contributed by atoms with Crippen molar-refractivity contribution in [1.82, 2.24) is 21.3 Å². The summed E-state index contributed by atoms with van der Waals surface area (Å²) in [4.78, 5) is 50.1. The van der Waals surface area contributed by atoms with Gasteiger partial charge < -0.3 is 42.5 Å². The van der Waals surface area contributed by atoms with Gasteiger partial charge in [0.15, 0.2) is 0 Å². The molecule has 0 fully saturated rings. The quantitative estimate of drug-likeness (QED) is 0.0207. The zero-order chi connectivity index (χ0) is 56.8. The van der Waals surface area contributed by atoms with Crippen molar-refractivity contribution in [2.24, 2.45) is 0 Å². The van der Waals surface area contributed by atoms with E-state index in [1.165, 1.54) is 180 Å². The first kappa shape index (κ1) is 66.5. The third-order valence-electron chi connectivity index (χ3n) is 15.0. The summed E-state index contributed by atoms with van der Waals surface area (Å²) in [6.07, 6.45) is 44.1. The van der Waals surface area contributed by atoms with Crippen LogP contribution in [0.2, 0.25) is 0 Å². The van der Waals surface area contributed by atoms with Crippen LogP contribution in [0, 0.1) is 0 Å². The van der Waals surface area contributed by atoms with Crippen molar-refractivity contribution >= 4 is 46.9 Å². The van der Waals surface area contributed by atoms with Gasteiger partial charge in [-0.05, 0) is 96.5 Å². The number of benzene rings is 4. The Morgan fingerprint density at radius 1 is 0.237 bits per heavy atom. The van der Waals surface area contributed by atoms with Crippen molar-refractivity contribution in [2.75, 3.05) is 47.4 Å². The van der Waals surface area contributed by atoms with Gasteiger partial charge in [-0.3, -0.25) is 0 Å². The summed E-state index contributed by atoms with van der Waals surface area (Å²) < 4.78 is 0. The van der Waals surface area contributed by atoms with E-state index in [0.717, 1.165) is 59.3 Å². The van der Waals surface area contributed by atoms with Gasteiger partial charge in [-0.1, -0.05) is 255 Å². The first-order valence-corrected chi connectivity index (χ1v) is 31.8. The summed E-state index contributed by atoms with van der Waals surface area (Å²) >= 11 is 0. The number of rotatable bonds is 45. The maximum Gasteiger partial charge on any atom is 0.319 e. The summed E-state index contributed by atoms with van der Waals surface area (Å²) in [6.45, 7) is 6.43. The Labute approximate surface area is 484 Å². The van der Waals surface area contributed by atoms with Crippen molar-refractivity contribution in [1.29, 1.82) is 0 Å². The predicted molar refractivity (Wildman–Crippen MR) is 339 cm³/mol. The van der Waals surface area contributed by atoms with E-state index >= 15 is 0 Å². The van der Waals surface area contributed by atoms with E-state index < -0.39 is 0 Å². The second-order valence-corrected chi connectivity index (χ2v) is 22.3. The molecule has 0 saturated carbocycles. The number of amides is 8. The molecule has 8 N–H and O–H groups in total. The van der Waals surface area contributed by atoms with Crippen LogP contribution in [0.25, 0.3) is 0 Å². The zero-order valence-corrected chi connectivity index (χ0v) is 49.7. The molecule has 0 unspecified atom stereocenters. The molecule has 442 valence electrons. The maximum atomic E-state index is 12.6. The average molecular weight is 1100 g/mol. The third kappa shape index (κ3) is 34.2. The average Bonchev–Trinajstić information content (AvgIpc) is 3.46. The minimum atomic E-state index is -0.361. The zero-order valence-electron chi connectivity index (χ0n) is 49.7. The minimum Gasteiger partial charge on any atom is -0.338 e. The van der Waals surface area contributed by atoms with Gasteiger partial charge in [0, 0.05) is 48.9 Å². The van der Waals surface area contributed by atoms with Gasteiger partial charge in [-0.15, -0.1) is 0 Å². The van der Waals surface area contributed by atoms with Crippen molar-refractivity contribution < 1.29 is 19.2 Å². The van der Waals surface area contributed by atoms with E-state index in [0.29, 0.717) is 37.3 Å². The van der Waals surface area contributed by atoms with Crippen LogP contribution >= 0.6 is 0 Å². The number of unbranched alkanes of at least 4 members (excludes halogenated alkanes) is 30. The molecule has 12 nitrogen and oxygen atoms in total. The summed E-state index contributed by atoms with van der Waals surface area (Å²) in [7, 11) is 0. The molecule has 0 spiro atoms. The second kappa shape index (κ2) is 44.7. The standard InChI is InChI=1S/C68H106N8O4/c1-3-5-7-9-11-13-15-17-19-21-23-25-27-29-31-33-51-69-65(77)73-61-43-35-57(36-44-61)55-59-39-47-63(48-40-59)75-67(79)71-53-54-72-68(80)76-64-49-41-60(42-50-64)56-58-37-45-62(46-38-58)74-66(78)70-52-34-32-30-28-26-24-22-20-18-16-14-12-10-8-6-4-2/h35-50H,3-34,51-56H2,1-2H3,(H2,69,73,77)(H2,70,74,78)(H2,71,75,79)(H2,72,76,80). The fraction of sp³-hybridized carbons (Fsp3) is 0.588. The number of hydrogen-bond donors (Lipinski definition) is 8. The SMILES string of the molecule is CCCCCCCCCCCCCCCCCCNC(=O)Nc1ccc(Cc2ccc(NC(=O)NCCNC(=O)Nc3ccc(Cc4ccc(NC(=O)NCCCCCCCCCCCCCCCCCC)cc4)cc3)cc2)cc1. The van der Waals surface area contributed by atoms with E-state index in [1.54, 1.807) is 0 Å². The molecule has 0 aliphatic carbocycles. The largest absolute Gasteiger partial charge is 0.338 e. The molecule has 0 bridgehead atoms. The Balaban J connectivity index is 0.953. The monoisotopic (exact) mass is 1100 g/mol. The maximum absolute atomic E-state index is 12.6. The van der Waals surface area contributed by atoms with Gasteiger partial charge in [-0.25, -0.2) is 19.2 Å². The Hall–Kier alpha value is -6.04. The van der Waals surface area contributed by atoms with Gasteiger partial charge in [0.05, 0.1) is 0 Å². The fourth-order valence-corrected chi connectivity index (χ4v) is 10.1. The van der Waals surface area contributed by atoms with Gasteiger partial charge >= 0.3 is 24.1 Å².